The first-order valence-electron chi connectivity index (χ1n) is 22.7. The molecule has 1 spiro atoms. The van der Waals surface area contributed by atoms with Crippen molar-refractivity contribution in [1.82, 2.24) is 29.9 Å². The van der Waals surface area contributed by atoms with Crippen molar-refractivity contribution in [3.63, 3.8) is 0 Å². The lowest BCUT2D eigenvalue weighted by molar-refractivity contribution is 0.436. The van der Waals surface area contributed by atoms with Crippen LogP contribution >= 0.6 is 0 Å². The minimum atomic E-state index is -0.849. The van der Waals surface area contributed by atoms with E-state index < -0.39 is 5.41 Å². The number of rotatable bonds is 7. The van der Waals surface area contributed by atoms with Gasteiger partial charge in [0.1, 0.15) is 11.5 Å². The topological polar surface area (TPSA) is 86.6 Å². The average molecular weight is 871 g/mol. The van der Waals surface area contributed by atoms with Crippen molar-refractivity contribution in [3.8, 4) is 102 Å². The minimum Gasteiger partial charge on any atom is -0.457 e. The molecule has 2 aliphatic rings. The fourth-order valence-corrected chi connectivity index (χ4v) is 10.1. The summed E-state index contributed by atoms with van der Waals surface area (Å²) < 4.78 is 6.83. The Balaban J connectivity index is 1.04. The number of hydrogen-bond acceptors (Lipinski definition) is 7. The molecule has 1 aliphatic heterocycles. The molecule has 3 heterocycles. The Hall–Kier alpha value is -9.20. The number of para-hydroxylation sites is 2. The number of nitrogens with zero attached hydrogens (tertiary/aromatic N) is 6. The van der Waals surface area contributed by atoms with Gasteiger partial charge >= 0.3 is 0 Å². The lowest BCUT2D eigenvalue weighted by atomic mass is 9.63. The van der Waals surface area contributed by atoms with Crippen LogP contribution in [0.2, 0.25) is 0 Å². The van der Waals surface area contributed by atoms with Crippen LogP contribution in [0.5, 0.6) is 11.5 Å². The van der Waals surface area contributed by atoms with Crippen LogP contribution in [-0.2, 0) is 5.41 Å². The molecule has 2 aromatic heterocycles. The molecule has 9 aromatic carbocycles. The monoisotopic (exact) mass is 870 g/mol. The van der Waals surface area contributed by atoms with Gasteiger partial charge in [0.25, 0.3) is 0 Å². The zero-order valence-corrected chi connectivity index (χ0v) is 36.5. The number of fused-ring (bicyclic) bond motifs is 9. The maximum atomic E-state index is 6.83. The second-order valence-electron chi connectivity index (χ2n) is 17.0. The Morgan fingerprint density at radius 2 is 0.544 bits per heavy atom. The summed E-state index contributed by atoms with van der Waals surface area (Å²) >= 11 is 0. The second-order valence-corrected chi connectivity index (χ2v) is 17.0. The third-order valence-electron chi connectivity index (χ3n) is 13.1. The van der Waals surface area contributed by atoms with E-state index in [0.29, 0.717) is 34.9 Å². The van der Waals surface area contributed by atoms with Gasteiger partial charge in [-0.2, -0.15) is 0 Å². The van der Waals surface area contributed by atoms with E-state index in [4.69, 9.17) is 34.6 Å². The Labute approximate surface area is 393 Å². The molecule has 0 N–H and O–H groups in total. The first-order valence-corrected chi connectivity index (χ1v) is 22.7. The van der Waals surface area contributed by atoms with Crippen LogP contribution in [0.1, 0.15) is 22.3 Å². The molecule has 0 atom stereocenters. The van der Waals surface area contributed by atoms with Gasteiger partial charge in [-0.05, 0) is 45.5 Å². The largest absolute Gasteiger partial charge is 0.457 e. The van der Waals surface area contributed by atoms with E-state index in [1.165, 1.54) is 0 Å². The van der Waals surface area contributed by atoms with E-state index in [0.717, 1.165) is 89.4 Å². The first kappa shape index (κ1) is 39.2. The van der Waals surface area contributed by atoms with E-state index in [2.05, 4.69) is 97.1 Å². The second kappa shape index (κ2) is 16.0. The summed E-state index contributed by atoms with van der Waals surface area (Å²) in [6.45, 7) is 0. The van der Waals surface area contributed by atoms with E-state index in [1.54, 1.807) is 0 Å². The van der Waals surface area contributed by atoms with Crippen LogP contribution in [0.25, 0.3) is 90.6 Å². The standard InChI is InChI=1S/C61H38N6O/c1-5-19-40(20-6-1)55-62-56(41-21-7-2-8-22-41)64-59(63-55)44-37-35-39(36-38-44)45-27-17-28-46-47-29-18-30-48(60-66-57(42-23-9-3-10-24-42)65-58(67-60)43-25-11-4-12-26-43)54(47)61(53(45)46)49-31-13-15-33-51(49)68-52-34-16-14-32-50(52)61/h1-38H. The van der Waals surface area contributed by atoms with Crippen LogP contribution in [0, 0.1) is 0 Å². The third kappa shape index (κ3) is 6.36. The van der Waals surface area contributed by atoms with Crippen LogP contribution in [0.3, 0.4) is 0 Å². The van der Waals surface area contributed by atoms with Gasteiger partial charge in [-0.3, -0.25) is 0 Å². The molecule has 1 aliphatic carbocycles. The summed E-state index contributed by atoms with van der Waals surface area (Å²) in [5.41, 5.74) is 13.4. The summed E-state index contributed by atoms with van der Waals surface area (Å²) in [4.78, 5) is 30.8. The van der Waals surface area contributed by atoms with Crippen molar-refractivity contribution in [1.29, 1.82) is 0 Å². The molecule has 11 aromatic rings. The van der Waals surface area contributed by atoms with E-state index in [-0.39, 0.29) is 0 Å². The SMILES string of the molecule is c1ccc(-c2nc(-c3ccccc3)nc(-c3ccc(-c4cccc5c4C4(c6ccccc6Oc6ccccc64)c4c(-c6nc(-c7ccccc7)nc(-c7ccccc7)n6)cccc4-5)cc3)n2)cc1. The summed E-state index contributed by atoms with van der Waals surface area (Å²) in [5, 5.41) is 0. The highest BCUT2D eigenvalue weighted by Crippen LogP contribution is 2.65. The fourth-order valence-electron chi connectivity index (χ4n) is 10.1. The van der Waals surface area contributed by atoms with Gasteiger partial charge in [-0.1, -0.05) is 218 Å². The van der Waals surface area contributed by atoms with Crippen molar-refractivity contribution < 1.29 is 4.74 Å². The molecule has 0 bridgehead atoms. The molecule has 7 nitrogen and oxygen atoms in total. The number of benzene rings is 9. The Bertz CT molecular complexity index is 3530. The Morgan fingerprint density at radius 3 is 0.971 bits per heavy atom. The summed E-state index contributed by atoms with van der Waals surface area (Å²) in [5.74, 6) is 5.25. The molecule has 13 rings (SSSR count). The van der Waals surface area contributed by atoms with Gasteiger partial charge in [-0.15, -0.1) is 0 Å². The highest BCUT2D eigenvalue weighted by atomic mass is 16.5. The predicted octanol–water partition coefficient (Wildman–Crippen LogP) is 14.2. The third-order valence-corrected chi connectivity index (χ3v) is 13.1. The molecule has 7 heteroatoms. The molecular formula is C61H38N6O. The molecule has 0 saturated carbocycles. The zero-order chi connectivity index (χ0) is 45.0. The van der Waals surface area contributed by atoms with Crippen LogP contribution < -0.4 is 4.74 Å². The van der Waals surface area contributed by atoms with Gasteiger partial charge in [0.2, 0.25) is 0 Å². The smallest absolute Gasteiger partial charge is 0.164 e. The number of ether oxygens (including phenoxy) is 1. The molecule has 68 heavy (non-hydrogen) atoms. The highest BCUT2D eigenvalue weighted by molar-refractivity contribution is 5.98. The van der Waals surface area contributed by atoms with Gasteiger partial charge in [-0.25, -0.2) is 29.9 Å². The lowest BCUT2D eigenvalue weighted by Gasteiger charge is -2.41. The van der Waals surface area contributed by atoms with E-state index >= 15 is 0 Å². The molecule has 0 amide bonds. The van der Waals surface area contributed by atoms with Crippen LogP contribution in [-0.4, -0.2) is 29.9 Å². The average Bonchev–Trinajstić information content (AvgIpc) is 3.72. The van der Waals surface area contributed by atoms with Gasteiger partial charge in [0.05, 0.1) is 5.41 Å². The maximum Gasteiger partial charge on any atom is 0.164 e. The molecule has 0 radical (unpaired) electrons. The fraction of sp³-hybridized carbons (Fsp3) is 0.0164. The summed E-state index contributed by atoms with van der Waals surface area (Å²) in [6.07, 6.45) is 0. The molecule has 0 fully saturated rings. The number of aromatic nitrogens is 6. The Kier molecular flexibility index (Phi) is 9.25. The van der Waals surface area contributed by atoms with Crippen molar-refractivity contribution >= 4 is 0 Å². The van der Waals surface area contributed by atoms with Crippen LogP contribution in [0.15, 0.2) is 231 Å². The van der Waals surface area contributed by atoms with Crippen molar-refractivity contribution in [3.05, 3.63) is 253 Å². The minimum absolute atomic E-state index is 0.594. The normalized spacial score (nSPS) is 12.6. The van der Waals surface area contributed by atoms with Crippen molar-refractivity contribution in [2.24, 2.45) is 0 Å². The zero-order valence-electron chi connectivity index (χ0n) is 36.5. The first-order chi connectivity index (χ1) is 33.7. The lowest BCUT2D eigenvalue weighted by Crippen LogP contribution is -2.33. The highest BCUT2D eigenvalue weighted by Gasteiger charge is 2.53. The quantitative estimate of drug-likeness (QED) is 0.158. The molecule has 0 saturated heterocycles. The van der Waals surface area contributed by atoms with Gasteiger partial charge in [0.15, 0.2) is 34.9 Å². The van der Waals surface area contributed by atoms with Crippen LogP contribution in [0.4, 0.5) is 0 Å². The number of hydrogen-bond donors (Lipinski definition) is 0. The van der Waals surface area contributed by atoms with E-state index in [9.17, 15) is 0 Å². The molecule has 318 valence electrons. The van der Waals surface area contributed by atoms with Gasteiger partial charge < -0.3 is 4.74 Å². The van der Waals surface area contributed by atoms with E-state index in [1.807, 2.05) is 133 Å². The Morgan fingerprint density at radius 1 is 0.235 bits per heavy atom. The van der Waals surface area contributed by atoms with Crippen molar-refractivity contribution in [2.45, 2.75) is 5.41 Å². The van der Waals surface area contributed by atoms with Gasteiger partial charge in [0, 0.05) is 44.5 Å². The summed E-state index contributed by atoms with van der Waals surface area (Å²) in [7, 11) is 0. The molecular weight excluding hydrogens is 833 g/mol. The summed E-state index contributed by atoms with van der Waals surface area (Å²) in [6, 6.07) is 79.2. The predicted molar refractivity (Wildman–Crippen MR) is 269 cm³/mol. The molecule has 0 unspecified atom stereocenters. The maximum absolute atomic E-state index is 6.83. The van der Waals surface area contributed by atoms with Crippen molar-refractivity contribution in [2.75, 3.05) is 0 Å².